The lowest BCUT2D eigenvalue weighted by atomic mass is 9.61. The minimum absolute atomic E-state index is 0.492. The molecule has 0 radical (unpaired) electrons. The van der Waals surface area contributed by atoms with Crippen LogP contribution >= 0.6 is 0 Å². The van der Waals surface area contributed by atoms with Crippen molar-refractivity contribution in [1.29, 1.82) is 0 Å². The van der Waals surface area contributed by atoms with Gasteiger partial charge >= 0.3 is 0 Å². The first-order chi connectivity index (χ1) is 6.53. The van der Waals surface area contributed by atoms with Gasteiger partial charge in [-0.1, -0.05) is 52.7 Å². The van der Waals surface area contributed by atoms with Crippen molar-refractivity contribution >= 4 is 0 Å². The predicted molar refractivity (Wildman–Crippen MR) is 64.3 cm³/mol. The predicted octanol–water partition coefficient (Wildman–Crippen LogP) is 4.81. The van der Waals surface area contributed by atoms with Crippen LogP contribution in [0.2, 0.25) is 0 Å². The Hall–Kier alpha value is -0.260. The molecule has 0 heterocycles. The molecule has 0 heteroatoms. The molecule has 1 fully saturated rings. The molecule has 1 aliphatic carbocycles. The van der Waals surface area contributed by atoms with Crippen molar-refractivity contribution in [2.45, 2.75) is 59.8 Å². The number of hydrogen-bond donors (Lipinski definition) is 0. The molecule has 0 aromatic heterocycles. The van der Waals surface area contributed by atoms with Gasteiger partial charge in [-0.25, -0.2) is 0 Å². The molecule has 1 atom stereocenters. The fourth-order valence-electron chi connectivity index (χ4n) is 3.37. The fourth-order valence-corrected chi connectivity index (χ4v) is 3.37. The minimum atomic E-state index is 0.492. The lowest BCUT2D eigenvalue weighted by Gasteiger charge is -2.44. The second-order valence-electron chi connectivity index (χ2n) is 5.55. The highest BCUT2D eigenvalue weighted by Crippen LogP contribution is 2.48. The maximum atomic E-state index is 4.31. The smallest absolute Gasteiger partial charge is 0.0126 e. The van der Waals surface area contributed by atoms with Gasteiger partial charge < -0.3 is 0 Å². The molecular weight excluding hydrogens is 168 g/mol. The summed E-state index contributed by atoms with van der Waals surface area (Å²) in [6.07, 6.45) is 6.62. The Labute approximate surface area is 89.8 Å². The molecule has 14 heavy (non-hydrogen) atoms. The Balaban J connectivity index is 2.83. The van der Waals surface area contributed by atoms with E-state index in [-0.39, 0.29) is 0 Å². The van der Waals surface area contributed by atoms with Crippen LogP contribution in [0.25, 0.3) is 0 Å². The van der Waals surface area contributed by atoms with Crippen LogP contribution < -0.4 is 0 Å². The molecule has 1 rings (SSSR count). The lowest BCUT2D eigenvalue weighted by Crippen LogP contribution is -2.34. The van der Waals surface area contributed by atoms with Crippen LogP contribution in [0, 0.1) is 17.3 Å². The van der Waals surface area contributed by atoms with E-state index in [9.17, 15) is 0 Å². The van der Waals surface area contributed by atoms with Crippen molar-refractivity contribution in [3.8, 4) is 0 Å². The van der Waals surface area contributed by atoms with Crippen molar-refractivity contribution in [2.24, 2.45) is 17.3 Å². The summed E-state index contributed by atoms with van der Waals surface area (Å²) in [6, 6.07) is 0. The average molecular weight is 194 g/mol. The molecule has 0 saturated heterocycles. The first-order valence-electron chi connectivity index (χ1n) is 6.20. The SMILES string of the molecule is C=C1CCCC(C)(C)C1C(CC)CC. The first-order valence-corrected chi connectivity index (χ1v) is 6.20. The van der Waals surface area contributed by atoms with E-state index in [1.807, 2.05) is 0 Å². The summed E-state index contributed by atoms with van der Waals surface area (Å²) in [6.45, 7) is 13.8. The quantitative estimate of drug-likeness (QED) is 0.566. The van der Waals surface area contributed by atoms with Gasteiger partial charge in [0.1, 0.15) is 0 Å². The third-order valence-electron chi connectivity index (χ3n) is 4.12. The molecule has 0 bridgehead atoms. The minimum Gasteiger partial charge on any atom is -0.0996 e. The van der Waals surface area contributed by atoms with Crippen molar-refractivity contribution in [3.63, 3.8) is 0 Å². The number of hydrogen-bond acceptors (Lipinski definition) is 0. The van der Waals surface area contributed by atoms with E-state index in [1.54, 1.807) is 0 Å². The third-order valence-corrected chi connectivity index (χ3v) is 4.12. The maximum absolute atomic E-state index is 4.31. The second kappa shape index (κ2) is 4.51. The van der Waals surface area contributed by atoms with E-state index in [0.29, 0.717) is 5.41 Å². The average Bonchev–Trinajstić information content (AvgIpc) is 2.11. The molecule has 0 amide bonds. The zero-order chi connectivity index (χ0) is 10.8. The van der Waals surface area contributed by atoms with Crippen molar-refractivity contribution in [2.75, 3.05) is 0 Å². The maximum Gasteiger partial charge on any atom is -0.0126 e. The molecule has 0 aromatic rings. The van der Waals surface area contributed by atoms with Crippen LogP contribution in [0.15, 0.2) is 12.2 Å². The summed E-state index contributed by atoms with van der Waals surface area (Å²) in [5, 5.41) is 0. The summed E-state index contributed by atoms with van der Waals surface area (Å²) >= 11 is 0. The van der Waals surface area contributed by atoms with Crippen molar-refractivity contribution < 1.29 is 0 Å². The highest BCUT2D eigenvalue weighted by Gasteiger charge is 2.37. The number of rotatable bonds is 3. The molecule has 1 aliphatic rings. The van der Waals surface area contributed by atoms with E-state index < -0.39 is 0 Å². The second-order valence-corrected chi connectivity index (χ2v) is 5.55. The topological polar surface area (TPSA) is 0 Å². The fraction of sp³-hybridized carbons (Fsp3) is 0.857. The Morgan fingerprint density at radius 2 is 1.93 bits per heavy atom. The molecular formula is C14H26. The largest absolute Gasteiger partial charge is 0.0996 e. The molecule has 1 unspecified atom stereocenters. The first kappa shape index (κ1) is 11.8. The van der Waals surface area contributed by atoms with E-state index in [2.05, 4.69) is 34.3 Å². The van der Waals surface area contributed by atoms with E-state index in [1.165, 1.54) is 37.7 Å². The van der Waals surface area contributed by atoms with Gasteiger partial charge in [-0.2, -0.15) is 0 Å². The molecule has 82 valence electrons. The van der Waals surface area contributed by atoms with E-state index in [0.717, 1.165) is 11.8 Å². The molecule has 1 saturated carbocycles. The normalized spacial score (nSPS) is 26.9. The summed E-state index contributed by atoms with van der Waals surface area (Å²) in [5.41, 5.74) is 2.02. The highest BCUT2D eigenvalue weighted by molar-refractivity contribution is 5.11. The van der Waals surface area contributed by atoms with Gasteiger partial charge in [0, 0.05) is 0 Å². The number of allylic oxidation sites excluding steroid dienone is 1. The van der Waals surface area contributed by atoms with Gasteiger partial charge in [0.25, 0.3) is 0 Å². The van der Waals surface area contributed by atoms with Gasteiger partial charge in [0.15, 0.2) is 0 Å². The standard InChI is InChI=1S/C14H26/c1-6-12(7-2)13-11(3)9-8-10-14(13,4)5/h12-13H,3,6-10H2,1-2,4-5H3. The molecule has 0 spiro atoms. The van der Waals surface area contributed by atoms with Crippen LogP contribution in [0.5, 0.6) is 0 Å². The summed E-state index contributed by atoms with van der Waals surface area (Å²) < 4.78 is 0. The van der Waals surface area contributed by atoms with Gasteiger partial charge in [-0.05, 0) is 36.5 Å². The third kappa shape index (κ3) is 2.21. The summed E-state index contributed by atoms with van der Waals surface area (Å²) in [7, 11) is 0. The van der Waals surface area contributed by atoms with Gasteiger partial charge in [-0.15, -0.1) is 0 Å². The van der Waals surface area contributed by atoms with E-state index >= 15 is 0 Å². The van der Waals surface area contributed by atoms with Crippen LogP contribution in [0.3, 0.4) is 0 Å². The zero-order valence-electron chi connectivity index (χ0n) is 10.4. The monoisotopic (exact) mass is 194 g/mol. The Bertz CT molecular complexity index is 196. The zero-order valence-corrected chi connectivity index (χ0v) is 10.4. The Kier molecular flexibility index (Phi) is 3.80. The van der Waals surface area contributed by atoms with Crippen LogP contribution in [-0.4, -0.2) is 0 Å². The lowest BCUT2D eigenvalue weighted by molar-refractivity contribution is 0.124. The Morgan fingerprint density at radius 1 is 1.36 bits per heavy atom. The van der Waals surface area contributed by atoms with Crippen LogP contribution in [0.4, 0.5) is 0 Å². The molecule has 0 N–H and O–H groups in total. The van der Waals surface area contributed by atoms with Crippen molar-refractivity contribution in [3.05, 3.63) is 12.2 Å². The Morgan fingerprint density at radius 3 is 2.36 bits per heavy atom. The molecule has 0 aromatic carbocycles. The van der Waals surface area contributed by atoms with Crippen molar-refractivity contribution in [1.82, 2.24) is 0 Å². The summed E-state index contributed by atoms with van der Waals surface area (Å²) in [4.78, 5) is 0. The van der Waals surface area contributed by atoms with Crippen LogP contribution in [-0.2, 0) is 0 Å². The van der Waals surface area contributed by atoms with Gasteiger partial charge in [0.2, 0.25) is 0 Å². The molecule has 0 nitrogen and oxygen atoms in total. The van der Waals surface area contributed by atoms with Gasteiger partial charge in [-0.3, -0.25) is 0 Å². The summed E-state index contributed by atoms with van der Waals surface area (Å²) in [5.74, 6) is 1.63. The highest BCUT2D eigenvalue weighted by atomic mass is 14.4. The van der Waals surface area contributed by atoms with Crippen LogP contribution in [0.1, 0.15) is 59.8 Å². The molecule has 0 aliphatic heterocycles. The van der Waals surface area contributed by atoms with Gasteiger partial charge in [0.05, 0.1) is 0 Å². The van der Waals surface area contributed by atoms with E-state index in [4.69, 9.17) is 0 Å².